The zero-order valence-corrected chi connectivity index (χ0v) is 24.4. The maximum atomic E-state index is 14.0. The molecule has 10 nitrogen and oxygen atoms in total. The fourth-order valence-corrected chi connectivity index (χ4v) is 5.31. The molecule has 45 heavy (non-hydrogen) atoms. The van der Waals surface area contributed by atoms with Crippen LogP contribution in [0, 0.1) is 23.9 Å². The lowest BCUT2D eigenvalue weighted by atomic mass is 9.92. The monoisotopic (exact) mass is 627 g/mol. The molecule has 0 spiro atoms. The number of amides is 2. The fourth-order valence-electron chi connectivity index (χ4n) is 5.31. The molecule has 5 rings (SSSR count). The van der Waals surface area contributed by atoms with E-state index in [0.717, 1.165) is 24.4 Å². The summed E-state index contributed by atoms with van der Waals surface area (Å²) in [4.78, 5) is 33.0. The minimum atomic E-state index is -5.02. The van der Waals surface area contributed by atoms with Gasteiger partial charge in [0.2, 0.25) is 11.6 Å². The van der Waals surface area contributed by atoms with Gasteiger partial charge in [-0.05, 0) is 62.2 Å². The lowest BCUT2D eigenvalue weighted by Gasteiger charge is -2.19. The number of hydrogen-bond donors (Lipinski definition) is 3. The highest BCUT2D eigenvalue weighted by Crippen LogP contribution is 2.38. The molecule has 3 N–H and O–H groups in total. The fraction of sp³-hybridized carbons (Fsp3) is 0.290. The first-order chi connectivity index (χ1) is 21.3. The number of aryl methyl sites for hydroxylation is 1. The number of benzene rings is 2. The van der Waals surface area contributed by atoms with Crippen LogP contribution in [0.4, 0.5) is 33.7 Å². The highest BCUT2D eigenvalue weighted by Gasteiger charge is 2.33. The van der Waals surface area contributed by atoms with E-state index in [1.165, 1.54) is 19.2 Å². The van der Waals surface area contributed by atoms with Crippen LogP contribution in [-0.2, 0) is 9.53 Å². The number of pyridine rings is 1. The number of carbonyl (C=O) groups is 2. The maximum Gasteiger partial charge on any atom is 0.573 e. The van der Waals surface area contributed by atoms with E-state index in [1.54, 1.807) is 32.0 Å². The number of methoxy groups -OCH3 is 1. The van der Waals surface area contributed by atoms with Gasteiger partial charge in [0.15, 0.2) is 6.20 Å². The molecule has 0 unspecified atom stereocenters. The van der Waals surface area contributed by atoms with E-state index in [9.17, 15) is 32.4 Å². The zero-order valence-electron chi connectivity index (χ0n) is 24.4. The van der Waals surface area contributed by atoms with Crippen molar-refractivity contribution >= 4 is 23.4 Å². The molecule has 1 aliphatic rings. The van der Waals surface area contributed by atoms with E-state index in [1.807, 2.05) is 0 Å². The number of fused-ring (bicyclic) bond motifs is 4. The van der Waals surface area contributed by atoms with Crippen LogP contribution >= 0.6 is 0 Å². The number of nitrogens with one attached hydrogen (secondary N) is 3. The normalized spacial score (nSPS) is 16.9. The highest BCUT2D eigenvalue weighted by molar-refractivity contribution is 5.98. The molecule has 0 aliphatic carbocycles. The topological polar surface area (TPSA) is 132 Å². The third-order valence-electron chi connectivity index (χ3n) is 7.55. The summed E-state index contributed by atoms with van der Waals surface area (Å²) in [7, 11) is 1.23. The molecule has 2 aromatic heterocycles. The van der Waals surface area contributed by atoms with Crippen LogP contribution in [0.25, 0.3) is 22.4 Å². The van der Waals surface area contributed by atoms with Gasteiger partial charge in [-0.25, -0.2) is 14.2 Å². The van der Waals surface area contributed by atoms with E-state index < -0.39 is 35.9 Å². The van der Waals surface area contributed by atoms with Gasteiger partial charge in [-0.1, -0.05) is 13.3 Å². The minimum Gasteiger partial charge on any atom is -0.618 e. The summed E-state index contributed by atoms with van der Waals surface area (Å²) < 4.78 is 62.3. The van der Waals surface area contributed by atoms with E-state index in [-0.39, 0.29) is 22.7 Å². The average molecular weight is 628 g/mol. The Morgan fingerprint density at radius 1 is 1.11 bits per heavy atom. The number of anilines is 2. The van der Waals surface area contributed by atoms with Crippen molar-refractivity contribution in [3.05, 3.63) is 83.0 Å². The molecule has 0 saturated carbocycles. The standard InChI is InChI=1S/C31H29F4N5O5/c1-16-5-4-6-22(25-11-7-18(15-40(25)43)23-13-19(32)8-12-26(23)45-31(33,34)35)28-36-17(2)27(39-28)21-10-9-20(37-30(42)44-3)14-24(21)38-29(16)41/h7-16,22H,4-6H2,1-3H3,(H,36,39)(H,37,42)(H,38,41)/t16-,22-/m1/s1. The van der Waals surface area contributed by atoms with E-state index in [0.29, 0.717) is 58.1 Å². The molecule has 3 heterocycles. The van der Waals surface area contributed by atoms with Crippen LogP contribution in [0.5, 0.6) is 5.75 Å². The second-order valence-corrected chi connectivity index (χ2v) is 10.7. The van der Waals surface area contributed by atoms with Gasteiger partial charge in [0.25, 0.3) is 0 Å². The first kappa shape index (κ1) is 31.3. The summed E-state index contributed by atoms with van der Waals surface area (Å²) in [5.41, 5.74) is 2.55. The molecule has 4 aromatic rings. The van der Waals surface area contributed by atoms with Gasteiger partial charge in [0.1, 0.15) is 23.3 Å². The third kappa shape index (κ3) is 7.00. The van der Waals surface area contributed by atoms with Crippen LogP contribution in [0.3, 0.4) is 0 Å². The van der Waals surface area contributed by atoms with Gasteiger partial charge in [0.05, 0.1) is 24.1 Å². The quantitative estimate of drug-likeness (QED) is 0.130. The van der Waals surface area contributed by atoms with Crippen molar-refractivity contribution in [3.8, 4) is 28.1 Å². The van der Waals surface area contributed by atoms with Gasteiger partial charge >= 0.3 is 12.5 Å². The number of ether oxygens (including phenoxy) is 2. The van der Waals surface area contributed by atoms with Gasteiger partial charge in [-0.15, -0.1) is 13.2 Å². The molecule has 0 fully saturated rings. The summed E-state index contributed by atoms with van der Waals surface area (Å²) in [6, 6.07) is 10.4. The molecule has 1 aliphatic heterocycles. The van der Waals surface area contributed by atoms with Gasteiger partial charge in [-0.2, -0.15) is 4.73 Å². The van der Waals surface area contributed by atoms with Crippen molar-refractivity contribution in [1.29, 1.82) is 0 Å². The van der Waals surface area contributed by atoms with Crippen LogP contribution in [-0.4, -0.2) is 35.4 Å². The number of H-pyrrole nitrogens is 1. The lowest BCUT2D eigenvalue weighted by molar-refractivity contribution is -0.614. The first-order valence-corrected chi connectivity index (χ1v) is 14.0. The van der Waals surface area contributed by atoms with Crippen molar-refractivity contribution in [1.82, 2.24) is 9.97 Å². The van der Waals surface area contributed by atoms with Gasteiger partial charge < -0.3 is 25.0 Å². The van der Waals surface area contributed by atoms with Crippen LogP contribution in [0.2, 0.25) is 0 Å². The van der Waals surface area contributed by atoms with E-state index >= 15 is 0 Å². The molecule has 236 valence electrons. The van der Waals surface area contributed by atoms with Gasteiger partial charge in [-0.3, -0.25) is 10.1 Å². The summed E-state index contributed by atoms with van der Waals surface area (Å²) in [5, 5.41) is 19.0. The van der Waals surface area contributed by atoms with Crippen LogP contribution in [0.15, 0.2) is 54.7 Å². The largest absolute Gasteiger partial charge is 0.618 e. The molecule has 14 heteroatoms. The van der Waals surface area contributed by atoms with Crippen LogP contribution < -0.4 is 20.1 Å². The number of hydrogen-bond acceptors (Lipinski definition) is 6. The summed E-state index contributed by atoms with van der Waals surface area (Å²) in [6.45, 7) is 3.57. The Morgan fingerprint density at radius 3 is 2.60 bits per heavy atom. The summed E-state index contributed by atoms with van der Waals surface area (Å²) in [5.74, 6) is -2.21. The van der Waals surface area contributed by atoms with E-state index in [4.69, 9.17) is 4.98 Å². The summed E-state index contributed by atoms with van der Waals surface area (Å²) >= 11 is 0. The van der Waals surface area contributed by atoms with Crippen molar-refractivity contribution in [3.63, 3.8) is 0 Å². The average Bonchev–Trinajstić information content (AvgIpc) is 3.36. The number of imidazole rings is 1. The van der Waals surface area contributed by atoms with Crippen molar-refractivity contribution in [2.75, 3.05) is 17.7 Å². The predicted octanol–water partition coefficient (Wildman–Crippen LogP) is 6.79. The number of aromatic nitrogens is 3. The molecule has 2 bridgehead atoms. The second-order valence-electron chi connectivity index (χ2n) is 10.7. The number of alkyl halides is 3. The Balaban J connectivity index is 1.57. The third-order valence-corrected chi connectivity index (χ3v) is 7.55. The SMILES string of the molecule is COC(=O)Nc1ccc2c(c1)NC(=O)[C@H](C)CCC[C@H](c1ccc(-c3cc(F)ccc3OC(F)(F)F)c[n+]1[O-])c1nc-2c(C)[nH]1. The minimum absolute atomic E-state index is 0.0209. The number of carbonyl (C=O) groups excluding carboxylic acids is 2. The number of aromatic amines is 1. The van der Waals surface area contributed by atoms with E-state index in [2.05, 4.69) is 25.1 Å². The molecule has 2 atom stereocenters. The Kier molecular flexibility index (Phi) is 8.66. The smallest absolute Gasteiger partial charge is 0.573 e. The van der Waals surface area contributed by atoms with Crippen molar-refractivity contribution in [2.45, 2.75) is 45.4 Å². The van der Waals surface area contributed by atoms with Crippen LogP contribution in [0.1, 0.15) is 49.3 Å². The molecule has 2 aromatic carbocycles. The Morgan fingerprint density at radius 2 is 1.89 bits per heavy atom. The van der Waals surface area contributed by atoms with Gasteiger partial charge in [0, 0.05) is 34.5 Å². The number of rotatable bonds is 4. The first-order valence-electron chi connectivity index (χ1n) is 14.0. The molecular weight excluding hydrogens is 598 g/mol. The zero-order chi connectivity index (χ0) is 32.5. The molecular formula is C31H29F4N5O5. The summed E-state index contributed by atoms with van der Waals surface area (Å²) in [6.07, 6.45) is -3.20. The molecule has 0 saturated heterocycles. The number of halogens is 4. The van der Waals surface area contributed by atoms with Crippen molar-refractivity contribution < 1.29 is 41.4 Å². The Bertz CT molecular complexity index is 1760. The molecule has 2 amide bonds. The molecule has 0 radical (unpaired) electrons. The Hall–Kier alpha value is -5.14. The highest BCUT2D eigenvalue weighted by atomic mass is 19.4. The lowest BCUT2D eigenvalue weighted by Crippen LogP contribution is -2.34. The Labute approximate surface area is 255 Å². The second kappa shape index (κ2) is 12.5. The van der Waals surface area contributed by atoms with Crippen molar-refractivity contribution in [2.24, 2.45) is 5.92 Å². The maximum absolute atomic E-state index is 14.0. The number of nitrogens with zero attached hydrogens (tertiary/aromatic N) is 2. The predicted molar refractivity (Wildman–Crippen MR) is 156 cm³/mol.